The van der Waals surface area contributed by atoms with Gasteiger partial charge in [-0.15, -0.1) is 0 Å². The van der Waals surface area contributed by atoms with Crippen LogP contribution in [0.25, 0.3) is 0 Å². The summed E-state index contributed by atoms with van der Waals surface area (Å²) in [5, 5.41) is 3.97. The molecule has 1 aromatic heterocycles. The van der Waals surface area contributed by atoms with Gasteiger partial charge in [-0.2, -0.15) is 5.10 Å². The number of halogens is 2. The molecular weight excluding hydrogens is 448 g/mol. The predicted octanol–water partition coefficient (Wildman–Crippen LogP) is 5.36. The van der Waals surface area contributed by atoms with Crippen molar-refractivity contribution in [3.8, 4) is 0 Å². The van der Waals surface area contributed by atoms with Gasteiger partial charge in [-0.3, -0.25) is 4.79 Å². The van der Waals surface area contributed by atoms with Crippen LogP contribution in [0.4, 0.5) is 0 Å². The van der Waals surface area contributed by atoms with E-state index in [-0.39, 0.29) is 23.2 Å². The highest BCUT2D eigenvalue weighted by atomic mass is 79.9. The van der Waals surface area contributed by atoms with E-state index in [1.807, 2.05) is 0 Å². The van der Waals surface area contributed by atoms with Crippen molar-refractivity contribution in [2.45, 2.75) is 38.5 Å². The maximum atomic E-state index is 12.2. The maximum Gasteiger partial charge on any atom is 0.243 e. The lowest BCUT2D eigenvalue weighted by atomic mass is 9.86. The van der Waals surface area contributed by atoms with Crippen LogP contribution in [0.15, 0.2) is 49.0 Å². The van der Waals surface area contributed by atoms with Crippen molar-refractivity contribution in [3.63, 3.8) is 0 Å². The quantitative estimate of drug-likeness (QED) is 0.486. The number of rotatable bonds is 4. The molecule has 0 aliphatic heterocycles. The Hall–Kier alpha value is -1.40. The molecule has 1 aliphatic carbocycles. The van der Waals surface area contributed by atoms with Crippen molar-refractivity contribution in [2.24, 2.45) is 11.0 Å². The third-order valence-corrected chi connectivity index (χ3v) is 6.07. The van der Waals surface area contributed by atoms with Gasteiger partial charge in [0.15, 0.2) is 4.67 Å². The molecule has 0 bridgehead atoms. The number of hydrogen-bond donors (Lipinski definition) is 1. The molecule has 1 aliphatic rings. The highest BCUT2D eigenvalue weighted by Gasteiger charge is 2.44. The molecule has 2 atom stereocenters. The largest absolute Gasteiger partial charge is 0.447 e. The zero-order valence-corrected chi connectivity index (χ0v) is 17.5. The number of furan rings is 1. The van der Waals surface area contributed by atoms with Crippen LogP contribution in [-0.2, 0) is 10.2 Å². The lowest BCUT2D eigenvalue weighted by Gasteiger charge is -2.19. The van der Waals surface area contributed by atoms with Crippen LogP contribution in [0.3, 0.4) is 0 Å². The number of carbonyl (C=O) groups is 1. The van der Waals surface area contributed by atoms with Gasteiger partial charge in [0, 0.05) is 12.0 Å². The smallest absolute Gasteiger partial charge is 0.243 e. The summed E-state index contributed by atoms with van der Waals surface area (Å²) in [4.78, 5) is 12.2. The average molecular weight is 468 g/mol. The third-order valence-electron chi connectivity index (χ3n) is 4.36. The molecule has 1 N–H and O–H groups in total. The summed E-state index contributed by atoms with van der Waals surface area (Å²) in [5.41, 5.74) is 5.26. The minimum atomic E-state index is -0.0502. The second kappa shape index (κ2) is 7.08. The van der Waals surface area contributed by atoms with Gasteiger partial charge in [-0.25, -0.2) is 5.43 Å². The van der Waals surface area contributed by atoms with Gasteiger partial charge in [-0.05, 0) is 60.7 Å². The monoisotopic (exact) mass is 466 g/mol. The van der Waals surface area contributed by atoms with E-state index in [1.165, 1.54) is 17.3 Å². The second-order valence-electron chi connectivity index (χ2n) is 7.33. The molecule has 1 saturated carbocycles. The summed E-state index contributed by atoms with van der Waals surface area (Å²) in [5.74, 6) is 0.791. The van der Waals surface area contributed by atoms with Crippen LogP contribution in [-0.4, -0.2) is 12.1 Å². The Balaban J connectivity index is 1.55. The van der Waals surface area contributed by atoms with Gasteiger partial charge < -0.3 is 4.42 Å². The molecule has 0 saturated heterocycles. The molecule has 6 heteroatoms. The zero-order valence-electron chi connectivity index (χ0n) is 14.3. The van der Waals surface area contributed by atoms with E-state index < -0.39 is 0 Å². The molecule has 2 unspecified atom stereocenters. The Kier molecular flexibility index (Phi) is 5.21. The first-order valence-electron chi connectivity index (χ1n) is 8.14. The second-order valence-corrected chi connectivity index (χ2v) is 8.90. The summed E-state index contributed by atoms with van der Waals surface area (Å²) in [6.07, 6.45) is 2.36. The highest BCUT2D eigenvalue weighted by molar-refractivity contribution is 9.13. The molecule has 2 aromatic rings. The van der Waals surface area contributed by atoms with E-state index in [9.17, 15) is 4.79 Å². The molecule has 0 spiro atoms. The molecule has 1 aromatic carbocycles. The summed E-state index contributed by atoms with van der Waals surface area (Å²) < 4.78 is 6.78. The molecule has 0 radical (unpaired) electrons. The normalized spacial score (nSPS) is 20.0. The van der Waals surface area contributed by atoms with Crippen molar-refractivity contribution in [1.29, 1.82) is 0 Å². The Morgan fingerprint density at radius 3 is 2.52 bits per heavy atom. The fraction of sp³-hybridized carbons (Fsp3) is 0.368. The van der Waals surface area contributed by atoms with Crippen LogP contribution in [0.1, 0.15) is 50.0 Å². The topological polar surface area (TPSA) is 54.6 Å². The fourth-order valence-corrected chi connectivity index (χ4v) is 3.36. The van der Waals surface area contributed by atoms with Gasteiger partial charge >= 0.3 is 0 Å². The molecule has 1 fully saturated rings. The fourth-order valence-electron chi connectivity index (χ4n) is 2.75. The molecular formula is C19H20Br2N2O2. The van der Waals surface area contributed by atoms with Crippen LogP contribution >= 0.6 is 31.9 Å². The van der Waals surface area contributed by atoms with Gasteiger partial charge in [0.25, 0.3) is 0 Å². The van der Waals surface area contributed by atoms with Gasteiger partial charge in [0.2, 0.25) is 5.91 Å². The first-order valence-corrected chi connectivity index (χ1v) is 9.72. The van der Waals surface area contributed by atoms with E-state index >= 15 is 0 Å². The Bertz CT molecular complexity index is 784. The summed E-state index contributed by atoms with van der Waals surface area (Å²) in [6.45, 7) is 6.59. The van der Waals surface area contributed by atoms with Crippen LogP contribution in [0.5, 0.6) is 0 Å². The van der Waals surface area contributed by atoms with Crippen molar-refractivity contribution in [1.82, 2.24) is 5.43 Å². The third kappa shape index (κ3) is 4.42. The SMILES string of the molecule is CC(C)(C)c1ccc(C2CC2C(=O)NN=Cc2cc(Br)c(Br)o2)cc1. The Morgan fingerprint density at radius 2 is 1.96 bits per heavy atom. The van der Waals surface area contributed by atoms with E-state index in [0.29, 0.717) is 10.4 Å². The summed E-state index contributed by atoms with van der Waals surface area (Å²) in [6, 6.07) is 10.4. The minimum Gasteiger partial charge on any atom is -0.447 e. The molecule has 25 heavy (non-hydrogen) atoms. The van der Waals surface area contributed by atoms with Gasteiger partial charge in [0.05, 0.1) is 10.7 Å². The lowest BCUT2D eigenvalue weighted by molar-refractivity contribution is -0.122. The maximum absolute atomic E-state index is 12.2. The van der Waals surface area contributed by atoms with E-state index in [4.69, 9.17) is 4.42 Å². The number of benzene rings is 1. The van der Waals surface area contributed by atoms with Crippen molar-refractivity contribution >= 4 is 44.0 Å². The van der Waals surface area contributed by atoms with E-state index in [0.717, 1.165) is 10.9 Å². The molecule has 4 nitrogen and oxygen atoms in total. The number of hydrogen-bond acceptors (Lipinski definition) is 3. The average Bonchev–Trinajstić information content (AvgIpc) is 3.28. The molecule has 3 rings (SSSR count). The summed E-state index contributed by atoms with van der Waals surface area (Å²) >= 11 is 6.59. The minimum absolute atomic E-state index is 0.00675. The van der Waals surface area contributed by atoms with Crippen molar-refractivity contribution in [3.05, 3.63) is 56.4 Å². The zero-order chi connectivity index (χ0) is 18.2. The molecule has 1 amide bonds. The van der Waals surface area contributed by atoms with E-state index in [1.54, 1.807) is 6.07 Å². The molecule has 1 heterocycles. The summed E-state index contributed by atoms with van der Waals surface area (Å²) in [7, 11) is 0. The van der Waals surface area contributed by atoms with Crippen molar-refractivity contribution < 1.29 is 9.21 Å². The van der Waals surface area contributed by atoms with Crippen LogP contribution in [0, 0.1) is 5.92 Å². The number of nitrogens with one attached hydrogen (secondary N) is 1. The number of nitrogens with zero attached hydrogens (tertiary/aromatic N) is 1. The van der Waals surface area contributed by atoms with Crippen LogP contribution in [0.2, 0.25) is 0 Å². The van der Waals surface area contributed by atoms with E-state index in [2.05, 4.69) is 87.4 Å². The van der Waals surface area contributed by atoms with Gasteiger partial charge in [0.1, 0.15) is 5.76 Å². The number of hydrazone groups is 1. The van der Waals surface area contributed by atoms with Crippen LogP contribution < -0.4 is 5.43 Å². The predicted molar refractivity (Wildman–Crippen MR) is 106 cm³/mol. The first-order chi connectivity index (χ1) is 11.8. The Morgan fingerprint density at radius 1 is 1.28 bits per heavy atom. The lowest BCUT2D eigenvalue weighted by Crippen LogP contribution is -2.20. The highest BCUT2D eigenvalue weighted by Crippen LogP contribution is 2.47. The molecule has 132 valence electrons. The van der Waals surface area contributed by atoms with Gasteiger partial charge in [-0.1, -0.05) is 45.0 Å². The number of amides is 1. The number of carbonyl (C=O) groups excluding carboxylic acids is 1. The standard InChI is InChI=1S/C19H20Br2N2O2/c1-19(2,3)12-6-4-11(5-7-12)14-9-15(14)18(24)23-22-10-13-8-16(20)17(21)25-13/h4-8,10,14-15H,9H2,1-3H3,(H,23,24). The first kappa shape index (κ1) is 18.4. The van der Waals surface area contributed by atoms with Crippen molar-refractivity contribution in [2.75, 3.05) is 0 Å². The Labute approximate surface area is 164 Å².